The van der Waals surface area contributed by atoms with Crippen LogP contribution in [-0.2, 0) is 4.79 Å². The Morgan fingerprint density at radius 1 is 1.18 bits per heavy atom. The second kappa shape index (κ2) is 8.21. The first-order valence-electron chi connectivity index (χ1n) is 9.63. The van der Waals surface area contributed by atoms with Gasteiger partial charge in [0, 0.05) is 25.5 Å². The highest BCUT2D eigenvalue weighted by molar-refractivity contribution is 5.79. The zero-order chi connectivity index (χ0) is 19.3. The van der Waals surface area contributed by atoms with E-state index in [4.69, 9.17) is 0 Å². The lowest BCUT2D eigenvalue weighted by Gasteiger charge is -2.32. The highest BCUT2D eigenvalue weighted by atomic mass is 16.2. The Kier molecular flexibility index (Phi) is 5.32. The van der Waals surface area contributed by atoms with Crippen molar-refractivity contribution in [3.63, 3.8) is 0 Å². The van der Waals surface area contributed by atoms with Crippen LogP contribution in [0.4, 0.5) is 5.95 Å². The smallest absolute Gasteiger partial charge is 0.225 e. The summed E-state index contributed by atoms with van der Waals surface area (Å²) >= 11 is 0. The third kappa shape index (κ3) is 4.03. The van der Waals surface area contributed by atoms with Crippen molar-refractivity contribution in [3.05, 3.63) is 60.8 Å². The number of hydrogen-bond acceptors (Lipinski definition) is 5. The van der Waals surface area contributed by atoms with Gasteiger partial charge in [0.15, 0.2) is 0 Å². The number of H-pyrrole nitrogens is 1. The molecule has 4 rings (SSSR count). The fourth-order valence-electron chi connectivity index (χ4n) is 3.55. The Bertz CT molecular complexity index is 911. The fraction of sp³-hybridized carbons (Fsp3) is 0.333. The van der Waals surface area contributed by atoms with Gasteiger partial charge in [0.1, 0.15) is 5.82 Å². The van der Waals surface area contributed by atoms with Gasteiger partial charge in [-0.25, -0.2) is 15.0 Å². The number of imidazole rings is 1. The minimum Gasteiger partial charge on any atom is -0.346 e. The second-order valence-electron chi connectivity index (χ2n) is 7.11. The predicted octanol–water partition coefficient (Wildman–Crippen LogP) is 2.96. The van der Waals surface area contributed by atoms with Crippen molar-refractivity contribution in [2.24, 2.45) is 5.92 Å². The van der Waals surface area contributed by atoms with Crippen LogP contribution in [0.5, 0.6) is 0 Å². The van der Waals surface area contributed by atoms with Crippen LogP contribution in [0.15, 0.2) is 55.0 Å². The van der Waals surface area contributed by atoms with E-state index in [1.807, 2.05) is 43.5 Å². The van der Waals surface area contributed by atoms with Crippen molar-refractivity contribution in [2.75, 3.05) is 18.0 Å². The summed E-state index contributed by atoms with van der Waals surface area (Å²) in [4.78, 5) is 31.3. The summed E-state index contributed by atoms with van der Waals surface area (Å²) in [6.07, 6.45) is 7.09. The lowest BCUT2D eigenvalue weighted by atomic mass is 9.97. The molecule has 144 valence electrons. The van der Waals surface area contributed by atoms with Crippen LogP contribution >= 0.6 is 0 Å². The van der Waals surface area contributed by atoms with Crippen molar-refractivity contribution in [3.8, 4) is 11.3 Å². The molecule has 1 fully saturated rings. The summed E-state index contributed by atoms with van der Waals surface area (Å²) in [6.45, 7) is 3.46. The Morgan fingerprint density at radius 3 is 2.75 bits per heavy atom. The topological polar surface area (TPSA) is 86.8 Å². The molecule has 1 aliphatic rings. The number of amides is 1. The number of carbonyl (C=O) groups excluding carboxylic acids is 1. The molecule has 1 aromatic carbocycles. The van der Waals surface area contributed by atoms with Gasteiger partial charge >= 0.3 is 0 Å². The molecular weight excluding hydrogens is 352 g/mol. The van der Waals surface area contributed by atoms with Crippen molar-refractivity contribution in [1.29, 1.82) is 0 Å². The van der Waals surface area contributed by atoms with Gasteiger partial charge < -0.3 is 15.2 Å². The molecule has 7 heteroatoms. The number of piperidine rings is 1. The molecule has 0 bridgehead atoms. The molecule has 7 nitrogen and oxygen atoms in total. The number of carbonyl (C=O) groups is 1. The van der Waals surface area contributed by atoms with Crippen LogP contribution in [0, 0.1) is 5.92 Å². The van der Waals surface area contributed by atoms with E-state index in [0.29, 0.717) is 12.5 Å². The summed E-state index contributed by atoms with van der Waals surface area (Å²) in [7, 11) is 0. The van der Waals surface area contributed by atoms with E-state index in [1.54, 1.807) is 18.5 Å². The quantitative estimate of drug-likeness (QED) is 0.715. The van der Waals surface area contributed by atoms with Crippen molar-refractivity contribution < 1.29 is 4.79 Å². The molecule has 28 heavy (non-hydrogen) atoms. The Balaban J connectivity index is 1.38. The number of benzene rings is 1. The van der Waals surface area contributed by atoms with Crippen LogP contribution in [0.3, 0.4) is 0 Å². The van der Waals surface area contributed by atoms with E-state index >= 15 is 0 Å². The molecule has 0 radical (unpaired) electrons. The maximum absolute atomic E-state index is 12.8. The molecule has 2 aromatic heterocycles. The SMILES string of the molecule is C[C@H](NC(=O)[C@H]1CCCN(c2ncccn2)C1)c1ncc(-c2ccccc2)[nH]1. The molecule has 1 saturated heterocycles. The first kappa shape index (κ1) is 18.2. The Morgan fingerprint density at radius 2 is 1.96 bits per heavy atom. The highest BCUT2D eigenvalue weighted by Crippen LogP contribution is 2.22. The molecule has 1 aliphatic heterocycles. The van der Waals surface area contributed by atoms with Gasteiger partial charge in [0.25, 0.3) is 0 Å². The number of aromatic amines is 1. The summed E-state index contributed by atoms with van der Waals surface area (Å²) in [5.74, 6) is 1.41. The zero-order valence-electron chi connectivity index (χ0n) is 15.9. The zero-order valence-corrected chi connectivity index (χ0v) is 15.9. The molecule has 2 atom stereocenters. The standard InChI is InChI=1S/C21H24N6O/c1-15(19-24-13-18(26-19)16-7-3-2-4-8-16)25-20(28)17-9-5-12-27(14-17)21-22-10-6-11-23-21/h2-4,6-8,10-11,13,15,17H,5,9,12,14H2,1H3,(H,24,26)(H,25,28)/t15-,17-/m0/s1. The monoisotopic (exact) mass is 376 g/mol. The summed E-state index contributed by atoms with van der Waals surface area (Å²) in [5, 5.41) is 3.10. The molecule has 0 unspecified atom stereocenters. The molecule has 3 aromatic rings. The lowest BCUT2D eigenvalue weighted by Crippen LogP contribution is -2.44. The summed E-state index contributed by atoms with van der Waals surface area (Å²) in [6, 6.07) is 11.6. The largest absolute Gasteiger partial charge is 0.346 e. The van der Waals surface area contributed by atoms with Crippen LogP contribution in [0.2, 0.25) is 0 Å². The van der Waals surface area contributed by atoms with Gasteiger partial charge in [-0.2, -0.15) is 0 Å². The molecule has 2 N–H and O–H groups in total. The van der Waals surface area contributed by atoms with E-state index in [-0.39, 0.29) is 17.9 Å². The van der Waals surface area contributed by atoms with Crippen molar-refractivity contribution in [1.82, 2.24) is 25.3 Å². The third-order valence-corrected chi connectivity index (χ3v) is 5.08. The molecule has 0 aliphatic carbocycles. The van der Waals surface area contributed by atoms with E-state index < -0.39 is 0 Å². The molecular formula is C21H24N6O. The van der Waals surface area contributed by atoms with Crippen molar-refractivity contribution >= 4 is 11.9 Å². The number of rotatable bonds is 5. The van der Waals surface area contributed by atoms with E-state index in [2.05, 4.69) is 30.2 Å². The summed E-state index contributed by atoms with van der Waals surface area (Å²) in [5.41, 5.74) is 2.02. The third-order valence-electron chi connectivity index (χ3n) is 5.08. The second-order valence-corrected chi connectivity index (χ2v) is 7.11. The van der Waals surface area contributed by atoms with Gasteiger partial charge in [0.2, 0.25) is 11.9 Å². The van der Waals surface area contributed by atoms with Gasteiger partial charge in [-0.3, -0.25) is 4.79 Å². The van der Waals surface area contributed by atoms with E-state index in [1.165, 1.54) is 0 Å². The maximum Gasteiger partial charge on any atom is 0.225 e. The minimum absolute atomic E-state index is 0.0470. The summed E-state index contributed by atoms with van der Waals surface area (Å²) < 4.78 is 0. The van der Waals surface area contributed by atoms with Gasteiger partial charge in [0.05, 0.1) is 23.9 Å². The molecule has 0 saturated carbocycles. The highest BCUT2D eigenvalue weighted by Gasteiger charge is 2.28. The fourth-order valence-corrected chi connectivity index (χ4v) is 3.55. The number of hydrogen-bond donors (Lipinski definition) is 2. The number of nitrogens with zero attached hydrogens (tertiary/aromatic N) is 4. The normalized spacial score (nSPS) is 17.9. The molecule has 0 spiro atoms. The first-order valence-corrected chi connectivity index (χ1v) is 9.63. The molecule has 3 heterocycles. The van der Waals surface area contributed by atoms with Crippen molar-refractivity contribution in [2.45, 2.75) is 25.8 Å². The lowest BCUT2D eigenvalue weighted by molar-refractivity contribution is -0.126. The Hall–Kier alpha value is -3.22. The minimum atomic E-state index is -0.187. The average molecular weight is 376 g/mol. The first-order chi connectivity index (χ1) is 13.7. The average Bonchev–Trinajstić information content (AvgIpc) is 3.26. The number of aromatic nitrogens is 4. The number of anilines is 1. The van der Waals surface area contributed by atoms with Gasteiger partial charge in [-0.15, -0.1) is 0 Å². The molecule has 1 amide bonds. The van der Waals surface area contributed by atoms with Crippen LogP contribution in [-0.4, -0.2) is 38.9 Å². The van der Waals surface area contributed by atoms with E-state index in [0.717, 1.165) is 36.5 Å². The number of nitrogens with one attached hydrogen (secondary N) is 2. The van der Waals surface area contributed by atoms with Crippen LogP contribution in [0.1, 0.15) is 31.6 Å². The van der Waals surface area contributed by atoms with Gasteiger partial charge in [-0.05, 0) is 31.4 Å². The Labute approximate surface area is 164 Å². The van der Waals surface area contributed by atoms with Gasteiger partial charge in [-0.1, -0.05) is 30.3 Å². The maximum atomic E-state index is 12.8. The van der Waals surface area contributed by atoms with E-state index in [9.17, 15) is 4.79 Å². The predicted molar refractivity (Wildman–Crippen MR) is 108 cm³/mol. The van der Waals surface area contributed by atoms with Crippen LogP contribution in [0.25, 0.3) is 11.3 Å². The van der Waals surface area contributed by atoms with Crippen LogP contribution < -0.4 is 10.2 Å².